The first-order valence-corrected chi connectivity index (χ1v) is 7.03. The van der Waals surface area contributed by atoms with E-state index in [1.54, 1.807) is 23.6 Å². The molecule has 0 aliphatic rings. The molecule has 0 bridgehead atoms. The number of nitrogens with zero attached hydrogens (tertiary/aromatic N) is 3. The lowest BCUT2D eigenvalue weighted by Crippen LogP contribution is -2.16. The number of aromatic nitrogens is 3. The molecular weight excluding hydrogens is 278 g/mol. The van der Waals surface area contributed by atoms with Crippen LogP contribution in [0.15, 0.2) is 12.3 Å². The highest BCUT2D eigenvalue weighted by atomic mass is 32.1. The van der Waals surface area contributed by atoms with Crippen molar-refractivity contribution in [3.63, 3.8) is 0 Å². The van der Waals surface area contributed by atoms with E-state index < -0.39 is 0 Å². The first-order valence-electron chi connectivity index (χ1n) is 5.81. The zero-order chi connectivity index (χ0) is 14.0. The summed E-state index contributed by atoms with van der Waals surface area (Å²) >= 11 is 6.68. The van der Waals surface area contributed by atoms with E-state index in [-0.39, 0.29) is 6.04 Å². The first-order chi connectivity index (χ1) is 8.99. The average Bonchev–Trinajstić information content (AvgIpc) is 2.69. The minimum Gasteiger partial charge on any atom is -0.389 e. The largest absolute Gasteiger partial charge is 0.389 e. The minimum atomic E-state index is 0.0796. The van der Waals surface area contributed by atoms with Gasteiger partial charge in [0.05, 0.1) is 28.5 Å². The van der Waals surface area contributed by atoms with Gasteiger partial charge in [-0.2, -0.15) is 5.10 Å². The van der Waals surface area contributed by atoms with Crippen LogP contribution in [0.2, 0.25) is 0 Å². The molecule has 0 spiro atoms. The molecule has 0 fully saturated rings. The second-order valence-corrected chi connectivity index (χ2v) is 5.88. The van der Waals surface area contributed by atoms with Crippen LogP contribution in [0.5, 0.6) is 0 Å². The van der Waals surface area contributed by atoms with E-state index in [1.807, 2.05) is 13.8 Å². The minimum absolute atomic E-state index is 0.0796. The van der Waals surface area contributed by atoms with Gasteiger partial charge in [0.2, 0.25) is 0 Å². The topological polar surface area (TPSA) is 76.7 Å². The molecule has 5 nitrogen and oxygen atoms in total. The Morgan fingerprint density at radius 3 is 2.79 bits per heavy atom. The van der Waals surface area contributed by atoms with E-state index in [1.165, 1.54) is 4.88 Å². The molecule has 0 aliphatic heterocycles. The highest BCUT2D eigenvalue weighted by Gasteiger charge is 2.15. The van der Waals surface area contributed by atoms with Crippen molar-refractivity contribution in [2.75, 3.05) is 5.32 Å². The van der Waals surface area contributed by atoms with Gasteiger partial charge >= 0.3 is 0 Å². The molecule has 2 rings (SSSR count). The van der Waals surface area contributed by atoms with E-state index in [0.29, 0.717) is 16.4 Å². The standard InChI is InChI=1S/C12H15N5S2/c1-6-10(19-8(3)15-6)7(2)16-12-9(11(13)18)4-5-14-17-12/h4-5,7H,1-3H3,(H2,13,18)(H,16,17). The molecule has 2 aromatic heterocycles. The third-order valence-corrected chi connectivity index (χ3v) is 4.15. The average molecular weight is 293 g/mol. The quantitative estimate of drug-likeness (QED) is 0.843. The number of anilines is 1. The number of rotatable bonds is 4. The lowest BCUT2D eigenvalue weighted by Gasteiger charge is -2.15. The van der Waals surface area contributed by atoms with E-state index in [0.717, 1.165) is 10.7 Å². The van der Waals surface area contributed by atoms with E-state index in [9.17, 15) is 0 Å². The van der Waals surface area contributed by atoms with Crippen molar-refractivity contribution in [2.24, 2.45) is 5.73 Å². The summed E-state index contributed by atoms with van der Waals surface area (Å²) in [7, 11) is 0. The van der Waals surface area contributed by atoms with Gasteiger partial charge in [0.25, 0.3) is 0 Å². The number of hydrogen-bond donors (Lipinski definition) is 2. The summed E-state index contributed by atoms with van der Waals surface area (Å²) < 4.78 is 0. The van der Waals surface area contributed by atoms with Crippen LogP contribution in [-0.2, 0) is 0 Å². The van der Waals surface area contributed by atoms with Crippen LogP contribution in [0.1, 0.15) is 34.1 Å². The Bertz CT molecular complexity index is 608. The fraction of sp³-hybridized carbons (Fsp3) is 0.333. The summed E-state index contributed by atoms with van der Waals surface area (Å²) in [6.07, 6.45) is 1.58. The molecule has 0 aromatic carbocycles. The number of thiocarbonyl (C=S) groups is 1. The molecule has 0 saturated carbocycles. The highest BCUT2D eigenvalue weighted by Crippen LogP contribution is 2.27. The van der Waals surface area contributed by atoms with Crippen molar-refractivity contribution < 1.29 is 0 Å². The van der Waals surface area contributed by atoms with Crippen LogP contribution in [0.4, 0.5) is 5.82 Å². The van der Waals surface area contributed by atoms with Crippen LogP contribution < -0.4 is 11.1 Å². The van der Waals surface area contributed by atoms with E-state index in [2.05, 4.69) is 27.4 Å². The number of thiazole rings is 1. The fourth-order valence-electron chi connectivity index (χ4n) is 1.86. The maximum atomic E-state index is 5.68. The van der Waals surface area contributed by atoms with Gasteiger partial charge in [-0.05, 0) is 26.8 Å². The van der Waals surface area contributed by atoms with Gasteiger partial charge in [-0.3, -0.25) is 0 Å². The molecule has 1 unspecified atom stereocenters. The Hall–Kier alpha value is -1.60. The Kier molecular flexibility index (Phi) is 4.06. The molecule has 2 aromatic rings. The summed E-state index contributed by atoms with van der Waals surface area (Å²) in [5.74, 6) is 0.605. The lowest BCUT2D eigenvalue weighted by molar-refractivity contribution is 0.864. The molecule has 0 amide bonds. The van der Waals surface area contributed by atoms with Crippen LogP contribution in [0.3, 0.4) is 0 Å². The smallest absolute Gasteiger partial charge is 0.159 e. The molecule has 0 saturated heterocycles. The molecule has 0 radical (unpaired) electrons. The third kappa shape index (κ3) is 3.05. The summed E-state index contributed by atoms with van der Waals surface area (Å²) in [6, 6.07) is 1.84. The van der Waals surface area contributed by atoms with Gasteiger partial charge < -0.3 is 11.1 Å². The molecule has 19 heavy (non-hydrogen) atoms. The van der Waals surface area contributed by atoms with Gasteiger partial charge in [0.15, 0.2) is 5.82 Å². The zero-order valence-electron chi connectivity index (χ0n) is 11.0. The van der Waals surface area contributed by atoms with Crippen LogP contribution >= 0.6 is 23.6 Å². The molecule has 3 N–H and O–H groups in total. The summed E-state index contributed by atoms with van der Waals surface area (Å²) in [4.78, 5) is 5.91. The number of aryl methyl sites for hydroxylation is 2. The van der Waals surface area contributed by atoms with Gasteiger partial charge in [0, 0.05) is 4.88 Å². The predicted molar refractivity (Wildman–Crippen MR) is 81.5 cm³/mol. The number of nitrogens with one attached hydrogen (secondary N) is 1. The number of hydrogen-bond acceptors (Lipinski definition) is 6. The molecule has 2 heterocycles. The van der Waals surface area contributed by atoms with Gasteiger partial charge in [-0.15, -0.1) is 16.4 Å². The molecule has 1 atom stereocenters. The van der Waals surface area contributed by atoms with Crippen molar-refractivity contribution in [1.82, 2.24) is 15.2 Å². The maximum Gasteiger partial charge on any atom is 0.159 e. The Labute approximate surface area is 121 Å². The molecule has 100 valence electrons. The van der Waals surface area contributed by atoms with Crippen molar-refractivity contribution in [1.29, 1.82) is 0 Å². The SMILES string of the molecule is Cc1nc(C)c(C(C)Nc2nnccc2C(N)=S)s1. The van der Waals surface area contributed by atoms with E-state index >= 15 is 0 Å². The Balaban J connectivity index is 2.26. The van der Waals surface area contributed by atoms with Gasteiger partial charge in [-0.1, -0.05) is 12.2 Å². The molecular formula is C12H15N5S2. The highest BCUT2D eigenvalue weighted by molar-refractivity contribution is 7.80. The van der Waals surface area contributed by atoms with Crippen LogP contribution in [-0.4, -0.2) is 20.2 Å². The van der Waals surface area contributed by atoms with Crippen LogP contribution in [0.25, 0.3) is 0 Å². The second-order valence-electron chi connectivity index (χ2n) is 4.21. The lowest BCUT2D eigenvalue weighted by atomic mass is 10.2. The Morgan fingerprint density at radius 1 is 1.47 bits per heavy atom. The third-order valence-electron chi connectivity index (χ3n) is 2.67. The van der Waals surface area contributed by atoms with Gasteiger partial charge in [0.1, 0.15) is 4.99 Å². The monoisotopic (exact) mass is 293 g/mol. The fourth-order valence-corrected chi connectivity index (χ4v) is 2.95. The maximum absolute atomic E-state index is 5.68. The normalized spacial score (nSPS) is 12.2. The predicted octanol–water partition coefficient (Wildman–Crippen LogP) is 2.36. The zero-order valence-corrected chi connectivity index (χ0v) is 12.6. The second kappa shape index (κ2) is 5.58. The van der Waals surface area contributed by atoms with Gasteiger partial charge in [-0.25, -0.2) is 4.98 Å². The Morgan fingerprint density at radius 2 is 2.21 bits per heavy atom. The van der Waals surface area contributed by atoms with Crippen molar-refractivity contribution >= 4 is 34.4 Å². The molecule has 7 heteroatoms. The number of nitrogens with two attached hydrogens (primary N) is 1. The summed E-state index contributed by atoms with van der Waals surface area (Å²) in [5, 5.41) is 12.3. The van der Waals surface area contributed by atoms with Crippen LogP contribution in [0, 0.1) is 13.8 Å². The first kappa shape index (κ1) is 13.8. The van der Waals surface area contributed by atoms with Crippen molar-refractivity contribution in [3.8, 4) is 0 Å². The summed E-state index contributed by atoms with van der Waals surface area (Å²) in [5.41, 5.74) is 7.41. The van der Waals surface area contributed by atoms with Crippen molar-refractivity contribution in [3.05, 3.63) is 33.4 Å². The summed E-state index contributed by atoms with van der Waals surface area (Å²) in [6.45, 7) is 6.05. The van der Waals surface area contributed by atoms with Crippen molar-refractivity contribution in [2.45, 2.75) is 26.8 Å². The van der Waals surface area contributed by atoms with E-state index in [4.69, 9.17) is 18.0 Å². The molecule has 0 aliphatic carbocycles.